The van der Waals surface area contributed by atoms with E-state index >= 15 is 0 Å². The van der Waals surface area contributed by atoms with Gasteiger partial charge in [-0.15, -0.1) is 0 Å². The Morgan fingerprint density at radius 2 is 2.17 bits per heavy atom. The summed E-state index contributed by atoms with van der Waals surface area (Å²) in [5, 5.41) is 4.02. The zero-order chi connectivity index (χ0) is 16.5. The smallest absolute Gasteiger partial charge is 0.231 e. The fraction of sp³-hybridized carbons (Fsp3) is 0.211. The Kier molecular flexibility index (Phi) is 3.61. The molecule has 4 rings (SSSR count). The lowest BCUT2D eigenvalue weighted by atomic mass is 9.95. The summed E-state index contributed by atoms with van der Waals surface area (Å²) in [6, 6.07) is 13.6. The lowest BCUT2D eigenvalue weighted by Gasteiger charge is -2.24. The van der Waals surface area contributed by atoms with Crippen LogP contribution in [-0.2, 0) is 11.2 Å². The number of para-hydroxylation sites is 1. The first-order chi connectivity index (χ1) is 11.7. The van der Waals surface area contributed by atoms with Gasteiger partial charge >= 0.3 is 0 Å². The fourth-order valence-electron chi connectivity index (χ4n) is 3.08. The van der Waals surface area contributed by atoms with E-state index in [1.54, 1.807) is 7.11 Å². The van der Waals surface area contributed by atoms with E-state index in [1.807, 2.05) is 48.7 Å². The van der Waals surface area contributed by atoms with Gasteiger partial charge in [0.1, 0.15) is 18.1 Å². The highest BCUT2D eigenvalue weighted by molar-refractivity contribution is 6.02. The molecule has 0 bridgehead atoms. The summed E-state index contributed by atoms with van der Waals surface area (Å²) < 4.78 is 11.0. The molecule has 0 saturated carbocycles. The van der Waals surface area contributed by atoms with Crippen molar-refractivity contribution in [3.63, 3.8) is 0 Å². The summed E-state index contributed by atoms with van der Waals surface area (Å²) in [6.45, 7) is 0.382. The molecule has 1 amide bonds. The molecule has 2 aromatic carbocycles. The van der Waals surface area contributed by atoms with Gasteiger partial charge in [0.25, 0.3) is 0 Å². The van der Waals surface area contributed by atoms with Gasteiger partial charge in [-0.3, -0.25) is 4.79 Å². The summed E-state index contributed by atoms with van der Waals surface area (Å²) in [5.41, 5.74) is 2.80. The third kappa shape index (κ3) is 2.58. The van der Waals surface area contributed by atoms with Gasteiger partial charge in [0.05, 0.1) is 18.7 Å². The average Bonchev–Trinajstić information content (AvgIpc) is 3.03. The van der Waals surface area contributed by atoms with Crippen molar-refractivity contribution < 1.29 is 14.3 Å². The Morgan fingerprint density at radius 1 is 1.29 bits per heavy atom. The van der Waals surface area contributed by atoms with Crippen LogP contribution in [0, 0.1) is 5.92 Å². The van der Waals surface area contributed by atoms with E-state index in [9.17, 15) is 4.79 Å². The molecule has 122 valence electrons. The first-order valence-corrected chi connectivity index (χ1v) is 7.91. The Balaban J connectivity index is 1.53. The van der Waals surface area contributed by atoms with Gasteiger partial charge in [-0.05, 0) is 36.2 Å². The lowest BCUT2D eigenvalue weighted by Crippen LogP contribution is -2.32. The van der Waals surface area contributed by atoms with Crippen LogP contribution in [-0.4, -0.2) is 24.6 Å². The molecule has 0 unspecified atom stereocenters. The maximum Gasteiger partial charge on any atom is 0.231 e. The molecule has 0 aliphatic carbocycles. The molecular weight excluding hydrogens is 304 g/mol. The highest BCUT2D eigenvalue weighted by Gasteiger charge is 2.27. The number of hydrogen-bond acceptors (Lipinski definition) is 3. The van der Waals surface area contributed by atoms with E-state index in [4.69, 9.17) is 9.47 Å². The number of nitrogens with one attached hydrogen (secondary N) is 2. The Bertz CT molecular complexity index is 901. The van der Waals surface area contributed by atoms with Crippen LogP contribution in [0.25, 0.3) is 10.9 Å². The average molecular weight is 322 g/mol. The number of fused-ring (bicyclic) bond motifs is 2. The second-order valence-electron chi connectivity index (χ2n) is 5.92. The third-order valence-electron chi connectivity index (χ3n) is 4.39. The highest BCUT2D eigenvalue weighted by atomic mass is 16.5. The van der Waals surface area contributed by atoms with Crippen LogP contribution in [0.1, 0.15) is 5.56 Å². The number of carbonyl (C=O) groups excluding carboxylic acids is 1. The van der Waals surface area contributed by atoms with Crippen molar-refractivity contribution in [3.8, 4) is 11.5 Å². The van der Waals surface area contributed by atoms with Gasteiger partial charge in [0.15, 0.2) is 0 Å². The largest absolute Gasteiger partial charge is 0.497 e. The highest BCUT2D eigenvalue weighted by Crippen LogP contribution is 2.31. The minimum Gasteiger partial charge on any atom is -0.497 e. The molecule has 2 N–H and O–H groups in total. The molecule has 1 atom stereocenters. The second-order valence-corrected chi connectivity index (χ2v) is 5.92. The number of benzene rings is 2. The summed E-state index contributed by atoms with van der Waals surface area (Å²) in [7, 11) is 1.63. The minimum atomic E-state index is -0.224. The molecule has 5 heteroatoms. The third-order valence-corrected chi connectivity index (χ3v) is 4.39. The zero-order valence-corrected chi connectivity index (χ0v) is 13.3. The van der Waals surface area contributed by atoms with Gasteiger partial charge in [0, 0.05) is 17.1 Å². The number of ether oxygens (including phenoxy) is 2. The molecule has 0 saturated heterocycles. The van der Waals surface area contributed by atoms with Crippen molar-refractivity contribution >= 4 is 22.5 Å². The maximum absolute atomic E-state index is 12.6. The summed E-state index contributed by atoms with van der Waals surface area (Å²) in [5.74, 6) is 1.34. The first-order valence-electron chi connectivity index (χ1n) is 7.91. The number of hydrogen-bond donors (Lipinski definition) is 2. The Labute approximate surface area is 139 Å². The molecule has 0 radical (unpaired) electrons. The SMILES string of the molecule is COc1ccc2c(c1)C[C@H](C(=O)Nc1c[nH]c3ccccc13)CO2. The van der Waals surface area contributed by atoms with Gasteiger partial charge in [0.2, 0.25) is 5.91 Å². The van der Waals surface area contributed by atoms with Crippen LogP contribution < -0.4 is 14.8 Å². The van der Waals surface area contributed by atoms with Crippen molar-refractivity contribution in [1.82, 2.24) is 4.98 Å². The van der Waals surface area contributed by atoms with E-state index in [0.717, 1.165) is 33.7 Å². The summed E-state index contributed by atoms with van der Waals surface area (Å²) in [4.78, 5) is 15.8. The molecule has 0 fully saturated rings. The Morgan fingerprint density at radius 3 is 3.04 bits per heavy atom. The van der Waals surface area contributed by atoms with Crippen molar-refractivity contribution in [2.45, 2.75) is 6.42 Å². The molecule has 3 aromatic rings. The molecule has 5 nitrogen and oxygen atoms in total. The van der Waals surface area contributed by atoms with Crippen LogP contribution in [0.2, 0.25) is 0 Å². The van der Waals surface area contributed by atoms with Crippen molar-refractivity contribution in [2.75, 3.05) is 19.0 Å². The van der Waals surface area contributed by atoms with Crippen molar-refractivity contribution in [3.05, 3.63) is 54.2 Å². The molecule has 1 aliphatic rings. The van der Waals surface area contributed by atoms with Crippen molar-refractivity contribution in [1.29, 1.82) is 0 Å². The fourth-order valence-corrected chi connectivity index (χ4v) is 3.08. The quantitative estimate of drug-likeness (QED) is 0.777. The number of aromatic amines is 1. The maximum atomic E-state index is 12.6. The second kappa shape index (κ2) is 5.92. The zero-order valence-electron chi connectivity index (χ0n) is 13.3. The Hall–Kier alpha value is -2.95. The van der Waals surface area contributed by atoms with Gasteiger partial charge in [-0.1, -0.05) is 18.2 Å². The molecule has 0 spiro atoms. The molecule has 24 heavy (non-hydrogen) atoms. The number of rotatable bonds is 3. The van der Waals surface area contributed by atoms with E-state index in [0.29, 0.717) is 13.0 Å². The number of amides is 1. The standard InChI is InChI=1S/C19H18N2O3/c1-23-14-6-7-18-12(9-14)8-13(11-24-18)19(22)21-17-10-20-16-5-3-2-4-15(16)17/h2-7,9-10,13,20H,8,11H2,1H3,(H,21,22)/t13-/m0/s1. The summed E-state index contributed by atoms with van der Waals surface area (Å²) in [6.07, 6.45) is 2.46. The van der Waals surface area contributed by atoms with Crippen LogP contribution in [0.15, 0.2) is 48.7 Å². The minimum absolute atomic E-state index is 0.0341. The van der Waals surface area contributed by atoms with E-state index < -0.39 is 0 Å². The molecule has 1 aliphatic heterocycles. The predicted molar refractivity (Wildman–Crippen MR) is 92.6 cm³/mol. The van der Waals surface area contributed by atoms with Crippen molar-refractivity contribution in [2.24, 2.45) is 5.92 Å². The number of methoxy groups -OCH3 is 1. The van der Waals surface area contributed by atoms with E-state index in [1.165, 1.54) is 0 Å². The molecule has 2 heterocycles. The van der Waals surface area contributed by atoms with Gasteiger partial charge in [-0.2, -0.15) is 0 Å². The number of anilines is 1. The lowest BCUT2D eigenvalue weighted by molar-refractivity contribution is -0.121. The number of carbonyl (C=O) groups is 1. The topological polar surface area (TPSA) is 63.3 Å². The van der Waals surface area contributed by atoms with Gasteiger partial charge in [-0.25, -0.2) is 0 Å². The number of aromatic nitrogens is 1. The molecule has 1 aromatic heterocycles. The van der Waals surface area contributed by atoms with Gasteiger partial charge < -0.3 is 19.8 Å². The van der Waals surface area contributed by atoms with Crippen LogP contribution in [0.5, 0.6) is 11.5 Å². The normalized spacial score (nSPS) is 16.3. The van der Waals surface area contributed by atoms with E-state index in [2.05, 4.69) is 10.3 Å². The van der Waals surface area contributed by atoms with E-state index in [-0.39, 0.29) is 11.8 Å². The molecular formula is C19H18N2O3. The monoisotopic (exact) mass is 322 g/mol. The van der Waals surface area contributed by atoms with Crippen LogP contribution >= 0.6 is 0 Å². The number of H-pyrrole nitrogens is 1. The predicted octanol–water partition coefficient (Wildman–Crippen LogP) is 3.37. The summed E-state index contributed by atoms with van der Waals surface area (Å²) >= 11 is 0. The van der Waals surface area contributed by atoms with Crippen LogP contribution in [0.3, 0.4) is 0 Å². The van der Waals surface area contributed by atoms with Crippen LogP contribution in [0.4, 0.5) is 5.69 Å². The first kappa shape index (κ1) is 14.6.